The average molecular weight is 394 g/mol. The molecule has 142 valence electrons. The Morgan fingerprint density at radius 3 is 2.54 bits per heavy atom. The number of fused-ring (bicyclic) bond motifs is 1. The summed E-state index contributed by atoms with van der Waals surface area (Å²) in [6, 6.07) is 14.3. The number of aromatic hydroxyl groups is 1. The quantitative estimate of drug-likeness (QED) is 0.810. The number of hydrogen-bond donors (Lipinski definition) is 1. The molecule has 0 bridgehead atoms. The summed E-state index contributed by atoms with van der Waals surface area (Å²) in [5.74, 6) is -0.574. The Morgan fingerprint density at radius 2 is 1.79 bits per heavy atom. The Morgan fingerprint density at radius 1 is 1.07 bits per heavy atom. The van der Waals surface area contributed by atoms with Crippen molar-refractivity contribution in [3.63, 3.8) is 0 Å². The molecule has 0 saturated carbocycles. The number of hydrogen-bond acceptors (Lipinski definition) is 5. The monoisotopic (exact) mass is 394 g/mol. The van der Waals surface area contributed by atoms with Crippen molar-refractivity contribution >= 4 is 34.9 Å². The number of thioether (sulfide) groups is 1. The van der Waals surface area contributed by atoms with Crippen molar-refractivity contribution in [1.29, 1.82) is 0 Å². The summed E-state index contributed by atoms with van der Waals surface area (Å²) in [4.78, 5) is 40.5. The molecule has 0 aromatic heterocycles. The van der Waals surface area contributed by atoms with Crippen molar-refractivity contribution in [3.05, 3.63) is 70.1 Å². The molecule has 0 spiro atoms. The van der Waals surface area contributed by atoms with E-state index in [4.69, 9.17) is 0 Å². The third-order valence-corrected chi connectivity index (χ3v) is 5.75. The third kappa shape index (κ3) is 3.66. The molecule has 2 aromatic carbocycles. The van der Waals surface area contributed by atoms with Crippen LogP contribution in [0.5, 0.6) is 5.75 Å². The van der Waals surface area contributed by atoms with Crippen LogP contribution in [0.1, 0.15) is 16.7 Å². The highest BCUT2D eigenvalue weighted by Crippen LogP contribution is 2.32. The molecule has 0 unspecified atom stereocenters. The zero-order chi connectivity index (χ0) is 19.7. The van der Waals surface area contributed by atoms with E-state index in [9.17, 15) is 19.5 Å². The Bertz CT molecular complexity index is 984. The van der Waals surface area contributed by atoms with Gasteiger partial charge in [0.1, 0.15) is 12.3 Å². The summed E-state index contributed by atoms with van der Waals surface area (Å²) in [6.07, 6.45) is 2.36. The number of rotatable bonds is 3. The number of carbonyl (C=O) groups is 3. The summed E-state index contributed by atoms with van der Waals surface area (Å²) in [5.41, 5.74) is 3.03. The van der Waals surface area contributed by atoms with E-state index in [2.05, 4.69) is 6.07 Å². The van der Waals surface area contributed by atoms with E-state index in [0.717, 1.165) is 28.6 Å². The second-order valence-electron chi connectivity index (χ2n) is 6.69. The van der Waals surface area contributed by atoms with Crippen molar-refractivity contribution in [3.8, 4) is 5.75 Å². The van der Waals surface area contributed by atoms with Crippen molar-refractivity contribution in [1.82, 2.24) is 9.80 Å². The van der Waals surface area contributed by atoms with Gasteiger partial charge in [-0.3, -0.25) is 19.3 Å². The van der Waals surface area contributed by atoms with Gasteiger partial charge in [0.25, 0.3) is 11.1 Å². The second kappa shape index (κ2) is 7.52. The molecule has 2 heterocycles. The SMILES string of the molecule is O=C(CN1C(=O)S/C(=C\c2ccc(O)cc2)C1=O)N1CCc2ccccc2C1. The van der Waals surface area contributed by atoms with Crippen molar-refractivity contribution in [2.75, 3.05) is 13.1 Å². The molecule has 0 atom stereocenters. The molecule has 3 amide bonds. The fraction of sp³-hybridized carbons (Fsp3) is 0.190. The Hall–Kier alpha value is -3.06. The van der Waals surface area contributed by atoms with Crippen LogP contribution in [0, 0.1) is 0 Å². The van der Waals surface area contributed by atoms with E-state index in [1.165, 1.54) is 17.7 Å². The van der Waals surface area contributed by atoms with Crippen LogP contribution < -0.4 is 0 Å². The van der Waals surface area contributed by atoms with Crippen molar-refractivity contribution in [2.45, 2.75) is 13.0 Å². The number of phenolic OH excluding ortho intramolecular Hbond substituents is 1. The standard InChI is InChI=1S/C21H18N2O4S/c24-17-7-5-14(6-8-17)11-18-20(26)23(21(27)28-18)13-19(25)22-10-9-15-3-1-2-4-16(15)12-22/h1-8,11,24H,9-10,12-13H2/b18-11-. The van der Waals surface area contributed by atoms with E-state index in [1.807, 2.05) is 18.2 Å². The molecule has 2 aromatic rings. The first-order valence-corrected chi connectivity index (χ1v) is 9.72. The van der Waals surface area contributed by atoms with E-state index in [0.29, 0.717) is 18.7 Å². The predicted molar refractivity (Wildman–Crippen MR) is 106 cm³/mol. The highest BCUT2D eigenvalue weighted by Gasteiger charge is 2.37. The number of imide groups is 1. The number of benzene rings is 2. The first-order chi connectivity index (χ1) is 13.5. The molecule has 7 heteroatoms. The maximum atomic E-state index is 12.7. The summed E-state index contributed by atoms with van der Waals surface area (Å²) in [5, 5.41) is 8.90. The van der Waals surface area contributed by atoms with Crippen molar-refractivity contribution in [2.24, 2.45) is 0 Å². The van der Waals surface area contributed by atoms with Crippen LogP contribution in [0.2, 0.25) is 0 Å². The van der Waals surface area contributed by atoms with E-state index < -0.39 is 11.1 Å². The molecule has 28 heavy (non-hydrogen) atoms. The summed E-state index contributed by atoms with van der Waals surface area (Å²) in [7, 11) is 0. The Labute approximate surface area is 166 Å². The van der Waals surface area contributed by atoms with Gasteiger partial charge in [0.2, 0.25) is 5.91 Å². The van der Waals surface area contributed by atoms with Gasteiger partial charge in [0, 0.05) is 13.1 Å². The lowest BCUT2D eigenvalue weighted by atomic mass is 10.00. The molecule has 4 rings (SSSR count). The van der Waals surface area contributed by atoms with Crippen LogP contribution >= 0.6 is 11.8 Å². The van der Waals surface area contributed by atoms with Gasteiger partial charge >= 0.3 is 0 Å². The number of carbonyl (C=O) groups excluding carboxylic acids is 3. The van der Waals surface area contributed by atoms with Gasteiger partial charge in [0.05, 0.1) is 4.91 Å². The minimum absolute atomic E-state index is 0.124. The molecule has 2 aliphatic rings. The molecule has 1 fully saturated rings. The Kier molecular flexibility index (Phi) is 4.92. The zero-order valence-electron chi connectivity index (χ0n) is 15.0. The zero-order valence-corrected chi connectivity index (χ0v) is 15.8. The number of amides is 3. The van der Waals surface area contributed by atoms with Gasteiger partial charge in [-0.2, -0.15) is 0 Å². The van der Waals surface area contributed by atoms with Gasteiger partial charge in [0.15, 0.2) is 0 Å². The van der Waals surface area contributed by atoms with Crippen LogP contribution in [0.25, 0.3) is 6.08 Å². The van der Waals surface area contributed by atoms with Crippen LogP contribution in [-0.2, 0) is 22.6 Å². The van der Waals surface area contributed by atoms with Crippen LogP contribution in [0.3, 0.4) is 0 Å². The predicted octanol–water partition coefficient (Wildman–Crippen LogP) is 3.01. The molecule has 1 N–H and O–H groups in total. The van der Waals surface area contributed by atoms with Gasteiger partial charge in [-0.15, -0.1) is 0 Å². The lowest BCUT2D eigenvalue weighted by Crippen LogP contribution is -2.44. The number of phenols is 1. The maximum absolute atomic E-state index is 12.7. The molecule has 6 nitrogen and oxygen atoms in total. The largest absolute Gasteiger partial charge is 0.508 e. The topological polar surface area (TPSA) is 77.9 Å². The Balaban J connectivity index is 1.45. The van der Waals surface area contributed by atoms with E-state index in [-0.39, 0.29) is 23.1 Å². The lowest BCUT2D eigenvalue weighted by molar-refractivity contribution is -0.136. The molecule has 2 aliphatic heterocycles. The summed E-state index contributed by atoms with van der Waals surface area (Å²) < 4.78 is 0. The first kappa shape index (κ1) is 18.3. The molecule has 0 radical (unpaired) electrons. The van der Waals surface area contributed by atoms with Gasteiger partial charge in [-0.05, 0) is 53.1 Å². The highest BCUT2D eigenvalue weighted by atomic mass is 32.2. The molecule has 0 aliphatic carbocycles. The van der Waals surface area contributed by atoms with Gasteiger partial charge in [-0.1, -0.05) is 36.4 Å². The van der Waals surface area contributed by atoms with Crippen LogP contribution in [-0.4, -0.2) is 45.0 Å². The minimum atomic E-state index is -0.464. The number of nitrogens with zero attached hydrogens (tertiary/aromatic N) is 2. The smallest absolute Gasteiger partial charge is 0.294 e. The van der Waals surface area contributed by atoms with Gasteiger partial charge in [-0.25, -0.2) is 0 Å². The summed E-state index contributed by atoms with van der Waals surface area (Å²) in [6.45, 7) is 0.823. The third-order valence-electron chi connectivity index (χ3n) is 4.84. The fourth-order valence-corrected chi connectivity index (χ4v) is 4.14. The fourth-order valence-electron chi connectivity index (χ4n) is 3.30. The maximum Gasteiger partial charge on any atom is 0.294 e. The minimum Gasteiger partial charge on any atom is -0.508 e. The highest BCUT2D eigenvalue weighted by molar-refractivity contribution is 8.18. The van der Waals surface area contributed by atoms with Crippen LogP contribution in [0.15, 0.2) is 53.4 Å². The second-order valence-corrected chi connectivity index (χ2v) is 7.69. The van der Waals surface area contributed by atoms with Crippen LogP contribution in [0.4, 0.5) is 4.79 Å². The summed E-state index contributed by atoms with van der Waals surface area (Å²) >= 11 is 0.823. The molecular weight excluding hydrogens is 376 g/mol. The average Bonchev–Trinajstić information content (AvgIpc) is 2.96. The van der Waals surface area contributed by atoms with Gasteiger partial charge < -0.3 is 10.0 Å². The lowest BCUT2D eigenvalue weighted by Gasteiger charge is -2.29. The first-order valence-electron chi connectivity index (χ1n) is 8.90. The van der Waals surface area contributed by atoms with E-state index >= 15 is 0 Å². The molecular formula is C21H18N2O4S. The normalized spacial score (nSPS) is 17.9. The molecule has 1 saturated heterocycles. The van der Waals surface area contributed by atoms with E-state index in [1.54, 1.807) is 23.1 Å². The van der Waals surface area contributed by atoms with Crippen molar-refractivity contribution < 1.29 is 19.5 Å².